The summed E-state index contributed by atoms with van der Waals surface area (Å²) >= 11 is 0. The lowest BCUT2D eigenvalue weighted by atomic mass is 10.2. The van der Waals surface area contributed by atoms with Crippen LogP contribution < -0.4 is 0 Å². The maximum absolute atomic E-state index is 4.36. The zero-order chi connectivity index (χ0) is 11.8. The minimum absolute atomic E-state index is 0.696. The van der Waals surface area contributed by atoms with E-state index in [1.165, 1.54) is 10.3 Å². The molecule has 0 amide bonds. The molecule has 0 bridgehead atoms. The predicted octanol–water partition coefficient (Wildman–Crippen LogP) is 4.07. The van der Waals surface area contributed by atoms with Crippen LogP contribution in [0.15, 0.2) is 41.4 Å². The first-order chi connectivity index (χ1) is 7.51. The molecule has 0 atom stereocenters. The van der Waals surface area contributed by atoms with Crippen molar-refractivity contribution < 1.29 is 0 Å². The first-order valence-corrected chi connectivity index (χ1v) is 8.10. The van der Waals surface area contributed by atoms with Crippen LogP contribution in [0.2, 0.25) is 0 Å². The number of pyridine rings is 1. The van der Waals surface area contributed by atoms with Gasteiger partial charge in [0.15, 0.2) is 0 Å². The van der Waals surface area contributed by atoms with Gasteiger partial charge in [0.2, 0.25) is 0 Å². The Kier molecular flexibility index (Phi) is 2.94. The van der Waals surface area contributed by atoms with Gasteiger partial charge in [-0.2, -0.15) is 0 Å². The average molecular weight is 233 g/mol. The minimum atomic E-state index is -0.696. The van der Waals surface area contributed by atoms with Gasteiger partial charge < -0.3 is 0 Å². The Morgan fingerprint density at radius 1 is 1.12 bits per heavy atom. The van der Waals surface area contributed by atoms with Gasteiger partial charge >= 0.3 is 0 Å². The molecule has 0 spiro atoms. The molecule has 1 nitrogen and oxygen atoms in total. The van der Waals surface area contributed by atoms with Crippen LogP contribution >= 0.6 is 10.0 Å². The van der Waals surface area contributed by atoms with E-state index in [2.05, 4.69) is 55.6 Å². The molecule has 0 N–H and O–H groups in total. The van der Waals surface area contributed by atoms with E-state index in [1.807, 2.05) is 12.3 Å². The molecule has 0 radical (unpaired) electrons. The Morgan fingerprint density at radius 2 is 1.88 bits per heavy atom. The van der Waals surface area contributed by atoms with Gasteiger partial charge in [-0.3, -0.25) is 4.98 Å². The molecule has 0 aliphatic carbocycles. The number of aromatic nitrogens is 1. The molecule has 0 fully saturated rings. The van der Waals surface area contributed by atoms with Crippen molar-refractivity contribution in [2.24, 2.45) is 0 Å². The van der Waals surface area contributed by atoms with Gasteiger partial charge in [0.25, 0.3) is 0 Å². The smallest absolute Gasteiger partial charge is 0.0702 e. The predicted molar refractivity (Wildman–Crippen MR) is 74.6 cm³/mol. The molecule has 0 saturated carbocycles. The van der Waals surface area contributed by atoms with Crippen molar-refractivity contribution in [3.8, 4) is 0 Å². The summed E-state index contributed by atoms with van der Waals surface area (Å²) in [6.45, 7) is 4.62. The molecule has 2 heteroatoms. The van der Waals surface area contributed by atoms with Crippen LogP contribution in [0.25, 0.3) is 10.9 Å². The van der Waals surface area contributed by atoms with Crippen molar-refractivity contribution in [2.45, 2.75) is 24.0 Å². The van der Waals surface area contributed by atoms with E-state index in [1.54, 1.807) is 0 Å². The van der Waals surface area contributed by atoms with Crippen LogP contribution in [0.3, 0.4) is 0 Å². The van der Waals surface area contributed by atoms with Crippen LogP contribution in [0.1, 0.15) is 13.8 Å². The lowest BCUT2D eigenvalue weighted by Gasteiger charge is -2.36. The number of nitrogens with zero attached hydrogens (tertiary/aromatic N) is 1. The van der Waals surface area contributed by atoms with Gasteiger partial charge in [-0.25, -0.2) is 10.0 Å². The maximum Gasteiger partial charge on any atom is 0.0702 e. The van der Waals surface area contributed by atoms with Crippen LogP contribution in [-0.2, 0) is 0 Å². The summed E-state index contributed by atoms with van der Waals surface area (Å²) in [7, 11) is -0.696. The fourth-order valence-corrected chi connectivity index (χ4v) is 3.05. The number of rotatable bonds is 2. The number of hydrogen-bond acceptors (Lipinski definition) is 1. The summed E-state index contributed by atoms with van der Waals surface area (Å²) in [5.41, 5.74) is 1.09. The second-order valence-electron chi connectivity index (χ2n) is 4.81. The van der Waals surface area contributed by atoms with Gasteiger partial charge in [0.1, 0.15) is 0 Å². The van der Waals surface area contributed by atoms with Gasteiger partial charge in [0, 0.05) is 11.6 Å². The van der Waals surface area contributed by atoms with E-state index in [0.29, 0.717) is 5.25 Å². The Bertz CT molecular complexity index is 503. The van der Waals surface area contributed by atoms with E-state index in [9.17, 15) is 0 Å². The molecule has 2 aromatic rings. The van der Waals surface area contributed by atoms with E-state index < -0.39 is 10.0 Å². The van der Waals surface area contributed by atoms with Gasteiger partial charge in [-0.05, 0) is 46.9 Å². The highest BCUT2D eigenvalue weighted by atomic mass is 32.3. The van der Waals surface area contributed by atoms with E-state index in [-0.39, 0.29) is 0 Å². The Morgan fingerprint density at radius 3 is 2.56 bits per heavy atom. The van der Waals surface area contributed by atoms with Crippen LogP contribution in [0, 0.1) is 0 Å². The second kappa shape index (κ2) is 4.10. The van der Waals surface area contributed by atoms with Crippen molar-refractivity contribution in [1.29, 1.82) is 0 Å². The molecular formula is C14H19NS. The standard InChI is InChI=1S/C14H19NS/c1-11(2)16(3,4)13-7-8-14-12(10-13)6-5-9-15-14/h5-11H,1-4H3. The highest BCUT2D eigenvalue weighted by Crippen LogP contribution is 2.53. The first kappa shape index (κ1) is 11.5. The van der Waals surface area contributed by atoms with E-state index in [0.717, 1.165) is 5.52 Å². The van der Waals surface area contributed by atoms with Crippen molar-refractivity contribution in [2.75, 3.05) is 12.5 Å². The second-order valence-corrected chi connectivity index (χ2v) is 9.04. The van der Waals surface area contributed by atoms with Crippen molar-refractivity contribution in [3.05, 3.63) is 36.5 Å². The Hall–Kier alpha value is -1.02. The molecular weight excluding hydrogens is 214 g/mol. The van der Waals surface area contributed by atoms with Crippen molar-refractivity contribution >= 4 is 20.9 Å². The molecule has 86 valence electrons. The lowest BCUT2D eigenvalue weighted by Crippen LogP contribution is -2.09. The largest absolute Gasteiger partial charge is 0.256 e. The lowest BCUT2D eigenvalue weighted by molar-refractivity contribution is 1.08. The summed E-state index contributed by atoms with van der Waals surface area (Å²) in [6, 6.07) is 10.8. The third kappa shape index (κ3) is 1.94. The summed E-state index contributed by atoms with van der Waals surface area (Å²) in [5, 5.41) is 1.96. The molecule has 0 unspecified atom stereocenters. The van der Waals surface area contributed by atoms with Crippen LogP contribution in [0.5, 0.6) is 0 Å². The SMILES string of the molecule is CC(C)S(C)(C)c1ccc2ncccc2c1. The molecule has 0 aliphatic rings. The maximum atomic E-state index is 4.36. The van der Waals surface area contributed by atoms with Crippen molar-refractivity contribution in [1.82, 2.24) is 4.98 Å². The van der Waals surface area contributed by atoms with Crippen LogP contribution in [0.4, 0.5) is 0 Å². The van der Waals surface area contributed by atoms with Crippen molar-refractivity contribution in [3.63, 3.8) is 0 Å². The molecule has 1 aromatic carbocycles. The minimum Gasteiger partial charge on any atom is -0.256 e. The van der Waals surface area contributed by atoms with E-state index >= 15 is 0 Å². The Balaban J connectivity index is 2.55. The number of hydrogen-bond donors (Lipinski definition) is 0. The third-order valence-corrected chi connectivity index (χ3v) is 7.19. The van der Waals surface area contributed by atoms with Gasteiger partial charge in [-0.15, -0.1) is 0 Å². The van der Waals surface area contributed by atoms with Gasteiger partial charge in [0.05, 0.1) is 5.52 Å². The first-order valence-electron chi connectivity index (χ1n) is 5.59. The number of fused-ring (bicyclic) bond motifs is 1. The third-order valence-electron chi connectivity index (χ3n) is 3.36. The number of benzene rings is 1. The van der Waals surface area contributed by atoms with Gasteiger partial charge in [-0.1, -0.05) is 19.9 Å². The molecule has 1 heterocycles. The summed E-state index contributed by atoms with van der Waals surface area (Å²) in [6.07, 6.45) is 6.62. The van der Waals surface area contributed by atoms with E-state index in [4.69, 9.17) is 0 Å². The molecule has 1 aromatic heterocycles. The highest BCUT2D eigenvalue weighted by Gasteiger charge is 2.19. The molecule has 0 saturated heterocycles. The molecule has 2 rings (SSSR count). The normalized spacial score (nSPS) is 13.3. The monoisotopic (exact) mass is 233 g/mol. The molecule has 0 aliphatic heterocycles. The quantitative estimate of drug-likeness (QED) is 0.762. The summed E-state index contributed by atoms with van der Waals surface area (Å²) in [4.78, 5) is 5.83. The summed E-state index contributed by atoms with van der Waals surface area (Å²) in [5.74, 6) is 0. The highest BCUT2D eigenvalue weighted by molar-refractivity contribution is 8.33. The summed E-state index contributed by atoms with van der Waals surface area (Å²) < 4.78 is 0. The molecule has 16 heavy (non-hydrogen) atoms. The zero-order valence-electron chi connectivity index (χ0n) is 10.4. The fraction of sp³-hybridized carbons (Fsp3) is 0.357. The average Bonchev–Trinajstić information content (AvgIpc) is 2.28. The Labute approximate surface area is 99.2 Å². The van der Waals surface area contributed by atoms with Crippen LogP contribution in [-0.4, -0.2) is 22.7 Å². The zero-order valence-corrected chi connectivity index (χ0v) is 11.2. The fourth-order valence-electron chi connectivity index (χ4n) is 1.65. The topological polar surface area (TPSA) is 12.9 Å².